The molecular weight excluding hydrogens is 333 g/mol. The van der Waals surface area contributed by atoms with Crippen LogP contribution in [0.3, 0.4) is 0 Å². The van der Waals surface area contributed by atoms with Gasteiger partial charge in [0.05, 0.1) is 0 Å². The zero-order chi connectivity index (χ0) is 19.1. The summed E-state index contributed by atoms with van der Waals surface area (Å²) in [6, 6.07) is 20.1. The molecule has 0 bridgehead atoms. The predicted octanol–water partition coefficient (Wildman–Crippen LogP) is 6.18. The van der Waals surface area contributed by atoms with Crippen molar-refractivity contribution in [3.8, 4) is 0 Å². The highest BCUT2D eigenvalue weighted by Gasteiger charge is 2.38. The first kappa shape index (κ1) is 20.1. The van der Waals surface area contributed by atoms with Gasteiger partial charge < -0.3 is 4.90 Å². The van der Waals surface area contributed by atoms with E-state index in [0.717, 1.165) is 19.4 Å². The molecule has 0 heterocycles. The van der Waals surface area contributed by atoms with Gasteiger partial charge in [-0.25, -0.2) is 4.39 Å². The van der Waals surface area contributed by atoms with Gasteiger partial charge in [-0.2, -0.15) is 0 Å². The van der Waals surface area contributed by atoms with E-state index in [2.05, 4.69) is 73.3 Å². The summed E-state index contributed by atoms with van der Waals surface area (Å²) in [4.78, 5) is 2.68. The number of nitrogens with zero attached hydrogens (tertiary/aromatic N) is 1. The second-order valence-electron chi connectivity index (χ2n) is 7.97. The number of halogens is 1. The van der Waals surface area contributed by atoms with Gasteiger partial charge in [0.15, 0.2) is 0 Å². The molecule has 1 saturated carbocycles. The highest BCUT2D eigenvalue weighted by molar-refractivity contribution is 5.30. The third-order valence-electron chi connectivity index (χ3n) is 5.92. The summed E-state index contributed by atoms with van der Waals surface area (Å²) in [5.41, 5.74) is 3.98. The normalized spacial score (nSPS) is 20.0. The highest BCUT2D eigenvalue weighted by atomic mass is 19.1. The third-order valence-corrected chi connectivity index (χ3v) is 5.92. The van der Waals surface area contributed by atoms with Crippen LogP contribution in [0.5, 0.6) is 0 Å². The van der Waals surface area contributed by atoms with Crippen LogP contribution in [0.4, 0.5) is 4.39 Å². The summed E-state index contributed by atoms with van der Waals surface area (Å²) in [5.74, 6) is 0.167. The second-order valence-corrected chi connectivity index (χ2v) is 7.97. The van der Waals surface area contributed by atoms with E-state index >= 15 is 0 Å². The molecule has 2 aromatic rings. The van der Waals surface area contributed by atoms with Crippen molar-refractivity contribution in [3.63, 3.8) is 0 Å². The Morgan fingerprint density at radius 1 is 0.926 bits per heavy atom. The van der Waals surface area contributed by atoms with E-state index < -0.39 is 6.17 Å². The Balaban J connectivity index is 1.52. The minimum atomic E-state index is -0.604. The van der Waals surface area contributed by atoms with Gasteiger partial charge in [-0.1, -0.05) is 68.4 Å². The van der Waals surface area contributed by atoms with Gasteiger partial charge >= 0.3 is 0 Å². The van der Waals surface area contributed by atoms with Gasteiger partial charge in [0.1, 0.15) is 6.17 Å². The lowest BCUT2D eigenvalue weighted by Crippen LogP contribution is -2.37. The zero-order valence-electron chi connectivity index (χ0n) is 16.9. The molecule has 1 fully saturated rings. The zero-order valence-corrected chi connectivity index (χ0v) is 16.9. The number of hydrogen-bond acceptors (Lipinski definition) is 1. The SMILES string of the molecule is CCCN(CCc1ccccc1)C(CC)CCc1ccc(C2CC2F)cc1. The summed E-state index contributed by atoms with van der Waals surface area (Å²) in [6.07, 6.45) is 5.92. The molecule has 0 spiro atoms. The fourth-order valence-electron chi connectivity index (χ4n) is 4.10. The van der Waals surface area contributed by atoms with Crippen molar-refractivity contribution < 1.29 is 4.39 Å². The molecule has 3 atom stereocenters. The molecule has 146 valence electrons. The first-order valence-electron chi connectivity index (χ1n) is 10.7. The highest BCUT2D eigenvalue weighted by Crippen LogP contribution is 2.43. The standard InChI is InChI=1S/C25H34FN/c1-3-17-27(18-16-20-8-6-5-7-9-20)23(4-2)15-12-21-10-13-22(14-11-21)24-19-25(24)26/h5-11,13-14,23-25H,3-4,12,15-19H2,1-2H3. The number of hydrogen-bond donors (Lipinski definition) is 0. The maximum atomic E-state index is 13.2. The molecule has 1 aliphatic rings. The summed E-state index contributed by atoms with van der Waals surface area (Å²) >= 11 is 0. The van der Waals surface area contributed by atoms with E-state index in [1.54, 1.807) is 0 Å². The fraction of sp³-hybridized carbons (Fsp3) is 0.520. The molecule has 27 heavy (non-hydrogen) atoms. The van der Waals surface area contributed by atoms with Crippen LogP contribution < -0.4 is 0 Å². The Kier molecular flexibility index (Phi) is 7.46. The molecule has 3 unspecified atom stereocenters. The monoisotopic (exact) mass is 367 g/mol. The number of aryl methyl sites for hydroxylation is 1. The van der Waals surface area contributed by atoms with Crippen LogP contribution >= 0.6 is 0 Å². The minimum Gasteiger partial charge on any atom is -0.300 e. The van der Waals surface area contributed by atoms with Crippen LogP contribution in [0.15, 0.2) is 54.6 Å². The minimum absolute atomic E-state index is 0.167. The molecule has 0 amide bonds. The van der Waals surface area contributed by atoms with Crippen molar-refractivity contribution in [2.45, 2.75) is 70.5 Å². The van der Waals surface area contributed by atoms with E-state index in [1.165, 1.54) is 42.5 Å². The molecule has 1 nitrogen and oxygen atoms in total. The lowest BCUT2D eigenvalue weighted by atomic mass is 9.99. The Morgan fingerprint density at radius 2 is 1.59 bits per heavy atom. The summed E-state index contributed by atoms with van der Waals surface area (Å²) < 4.78 is 13.2. The smallest absolute Gasteiger partial charge is 0.108 e. The first-order valence-corrected chi connectivity index (χ1v) is 10.7. The van der Waals surface area contributed by atoms with Crippen molar-refractivity contribution >= 4 is 0 Å². The quantitative estimate of drug-likeness (QED) is 0.458. The third kappa shape index (κ3) is 5.90. The lowest BCUT2D eigenvalue weighted by Gasteiger charge is -2.31. The fourth-order valence-corrected chi connectivity index (χ4v) is 4.10. The van der Waals surface area contributed by atoms with E-state index in [1.807, 2.05) is 0 Å². The van der Waals surface area contributed by atoms with Gasteiger partial charge in [-0.15, -0.1) is 0 Å². The van der Waals surface area contributed by atoms with E-state index in [-0.39, 0.29) is 5.92 Å². The Labute approximate surface area is 164 Å². The average Bonchev–Trinajstić information content (AvgIpc) is 3.44. The summed E-state index contributed by atoms with van der Waals surface area (Å²) in [7, 11) is 0. The van der Waals surface area contributed by atoms with E-state index in [4.69, 9.17) is 0 Å². The molecule has 0 aromatic heterocycles. The van der Waals surface area contributed by atoms with Crippen LogP contribution in [-0.2, 0) is 12.8 Å². The second kappa shape index (κ2) is 10.0. The van der Waals surface area contributed by atoms with Crippen LogP contribution in [-0.4, -0.2) is 30.2 Å². The topological polar surface area (TPSA) is 3.24 Å². The van der Waals surface area contributed by atoms with Gasteiger partial charge in [0.2, 0.25) is 0 Å². The Bertz CT molecular complexity index is 666. The van der Waals surface area contributed by atoms with E-state index in [9.17, 15) is 4.39 Å². The van der Waals surface area contributed by atoms with Gasteiger partial charge in [-0.3, -0.25) is 0 Å². The largest absolute Gasteiger partial charge is 0.300 e. The number of rotatable bonds is 11. The molecule has 3 rings (SSSR count). The molecule has 1 aliphatic carbocycles. The average molecular weight is 368 g/mol. The van der Waals surface area contributed by atoms with E-state index in [0.29, 0.717) is 12.5 Å². The molecule has 2 heteroatoms. The molecular formula is C25H34FN. The number of alkyl halides is 1. The molecule has 0 aliphatic heterocycles. The maximum Gasteiger partial charge on any atom is 0.108 e. The molecule has 0 N–H and O–H groups in total. The van der Waals surface area contributed by atoms with Crippen molar-refractivity contribution in [2.75, 3.05) is 13.1 Å². The molecule has 0 radical (unpaired) electrons. The van der Waals surface area contributed by atoms with Gasteiger partial charge in [0.25, 0.3) is 0 Å². The summed E-state index contributed by atoms with van der Waals surface area (Å²) in [5, 5.41) is 0. The van der Waals surface area contributed by atoms with Crippen LogP contribution in [0, 0.1) is 0 Å². The van der Waals surface area contributed by atoms with Crippen molar-refractivity contribution in [3.05, 3.63) is 71.3 Å². The van der Waals surface area contributed by atoms with Gasteiger partial charge in [-0.05, 0) is 61.8 Å². The van der Waals surface area contributed by atoms with Crippen molar-refractivity contribution in [1.29, 1.82) is 0 Å². The van der Waals surface area contributed by atoms with Crippen LogP contribution in [0.1, 0.15) is 62.1 Å². The van der Waals surface area contributed by atoms with Gasteiger partial charge in [0, 0.05) is 18.5 Å². The molecule has 0 saturated heterocycles. The maximum absolute atomic E-state index is 13.2. The summed E-state index contributed by atoms with van der Waals surface area (Å²) in [6.45, 7) is 6.89. The first-order chi connectivity index (χ1) is 13.2. The van der Waals surface area contributed by atoms with Crippen LogP contribution in [0.25, 0.3) is 0 Å². The molecule has 2 aromatic carbocycles. The van der Waals surface area contributed by atoms with Crippen LogP contribution in [0.2, 0.25) is 0 Å². The van der Waals surface area contributed by atoms with Crippen molar-refractivity contribution in [1.82, 2.24) is 4.90 Å². The van der Waals surface area contributed by atoms with Crippen molar-refractivity contribution in [2.24, 2.45) is 0 Å². The Hall–Kier alpha value is -1.67. The predicted molar refractivity (Wildman–Crippen MR) is 113 cm³/mol. The lowest BCUT2D eigenvalue weighted by molar-refractivity contribution is 0.183. The Morgan fingerprint density at radius 3 is 2.19 bits per heavy atom. The number of benzene rings is 2.